The summed E-state index contributed by atoms with van der Waals surface area (Å²) >= 11 is 0. The average Bonchev–Trinajstić information content (AvgIpc) is 2.61. The van der Waals surface area contributed by atoms with Crippen molar-refractivity contribution in [3.05, 3.63) is 59.7 Å². The highest BCUT2D eigenvalue weighted by molar-refractivity contribution is 5.93. The van der Waals surface area contributed by atoms with Crippen molar-refractivity contribution in [2.24, 2.45) is 5.92 Å². The van der Waals surface area contributed by atoms with Gasteiger partial charge < -0.3 is 15.7 Å². The highest BCUT2D eigenvalue weighted by Crippen LogP contribution is 2.16. The Morgan fingerprint density at radius 1 is 0.889 bits per heavy atom. The molecule has 0 saturated carbocycles. The van der Waals surface area contributed by atoms with Crippen LogP contribution in [-0.4, -0.2) is 22.9 Å². The van der Waals surface area contributed by atoms with Gasteiger partial charge in [-0.25, -0.2) is 4.79 Å². The van der Waals surface area contributed by atoms with E-state index in [1.165, 1.54) is 6.07 Å². The Balaban J connectivity index is 1.87. The third-order valence-corrected chi connectivity index (χ3v) is 3.92. The SMILES string of the molecule is CC(C)CC(=O)Nc1ccc(NC(=O)CCc2ccccc2C(=O)O)cc1. The van der Waals surface area contributed by atoms with E-state index >= 15 is 0 Å². The van der Waals surface area contributed by atoms with Crippen molar-refractivity contribution < 1.29 is 19.5 Å². The highest BCUT2D eigenvalue weighted by atomic mass is 16.4. The number of carbonyl (C=O) groups excluding carboxylic acids is 2. The number of amides is 2. The first kappa shape index (κ1) is 20.2. The molecule has 2 rings (SSSR count). The summed E-state index contributed by atoms with van der Waals surface area (Å²) in [5.74, 6) is -0.957. The van der Waals surface area contributed by atoms with Gasteiger partial charge in [-0.05, 0) is 48.2 Å². The van der Waals surface area contributed by atoms with Gasteiger partial charge in [0, 0.05) is 24.2 Å². The van der Waals surface area contributed by atoms with Crippen molar-refractivity contribution in [3.8, 4) is 0 Å². The van der Waals surface area contributed by atoms with E-state index in [2.05, 4.69) is 10.6 Å². The number of carboxylic acids is 1. The number of hydrogen-bond donors (Lipinski definition) is 3. The van der Waals surface area contributed by atoms with Crippen LogP contribution in [0.4, 0.5) is 11.4 Å². The van der Waals surface area contributed by atoms with Gasteiger partial charge in [-0.2, -0.15) is 0 Å². The van der Waals surface area contributed by atoms with Gasteiger partial charge in [-0.15, -0.1) is 0 Å². The van der Waals surface area contributed by atoms with Crippen molar-refractivity contribution in [2.45, 2.75) is 33.1 Å². The van der Waals surface area contributed by atoms with Crippen molar-refractivity contribution >= 4 is 29.2 Å². The molecule has 0 radical (unpaired) electrons. The largest absolute Gasteiger partial charge is 0.478 e. The minimum atomic E-state index is -0.999. The van der Waals surface area contributed by atoms with Crippen LogP contribution in [0.25, 0.3) is 0 Å². The van der Waals surface area contributed by atoms with Crippen LogP contribution in [0, 0.1) is 5.92 Å². The topological polar surface area (TPSA) is 95.5 Å². The number of carbonyl (C=O) groups is 3. The van der Waals surface area contributed by atoms with E-state index < -0.39 is 5.97 Å². The molecule has 6 heteroatoms. The third-order valence-electron chi connectivity index (χ3n) is 3.92. The van der Waals surface area contributed by atoms with Crippen LogP contribution in [0.2, 0.25) is 0 Å². The minimum absolute atomic E-state index is 0.0427. The normalized spacial score (nSPS) is 10.5. The molecule has 0 fully saturated rings. The molecule has 2 amide bonds. The molecule has 0 aromatic heterocycles. The van der Waals surface area contributed by atoms with E-state index in [1.807, 2.05) is 13.8 Å². The predicted octanol–water partition coefficient (Wildman–Crippen LogP) is 3.94. The average molecular weight is 368 g/mol. The number of benzene rings is 2. The van der Waals surface area contributed by atoms with Crippen LogP contribution in [0.3, 0.4) is 0 Å². The molecule has 0 aliphatic rings. The lowest BCUT2D eigenvalue weighted by Gasteiger charge is -2.09. The summed E-state index contributed by atoms with van der Waals surface area (Å²) in [4.78, 5) is 35.1. The van der Waals surface area contributed by atoms with E-state index in [0.717, 1.165) is 0 Å². The number of nitrogens with one attached hydrogen (secondary N) is 2. The number of hydrogen-bond acceptors (Lipinski definition) is 3. The van der Waals surface area contributed by atoms with Crippen molar-refractivity contribution in [1.82, 2.24) is 0 Å². The van der Waals surface area contributed by atoms with Gasteiger partial charge in [-0.3, -0.25) is 9.59 Å². The molecular weight excluding hydrogens is 344 g/mol. The standard InChI is InChI=1S/C21H24N2O4/c1-14(2)13-20(25)23-17-10-8-16(9-11-17)22-19(24)12-7-15-5-3-4-6-18(15)21(26)27/h3-6,8-11,14H,7,12-13H2,1-2H3,(H,22,24)(H,23,25)(H,26,27). The molecule has 2 aromatic carbocycles. The Morgan fingerprint density at radius 3 is 2.00 bits per heavy atom. The van der Waals surface area contributed by atoms with E-state index in [0.29, 0.717) is 29.8 Å². The van der Waals surface area contributed by atoms with Gasteiger partial charge in [0.15, 0.2) is 0 Å². The Hall–Kier alpha value is -3.15. The van der Waals surface area contributed by atoms with E-state index in [9.17, 15) is 19.5 Å². The summed E-state index contributed by atoms with van der Waals surface area (Å²) in [5.41, 5.74) is 2.14. The zero-order valence-electron chi connectivity index (χ0n) is 15.5. The molecule has 0 unspecified atom stereocenters. The van der Waals surface area contributed by atoms with Crippen molar-refractivity contribution in [1.29, 1.82) is 0 Å². The summed E-state index contributed by atoms with van der Waals surface area (Å²) < 4.78 is 0. The minimum Gasteiger partial charge on any atom is -0.478 e. The van der Waals surface area contributed by atoms with Gasteiger partial charge in [0.25, 0.3) is 0 Å². The first-order chi connectivity index (χ1) is 12.8. The summed E-state index contributed by atoms with van der Waals surface area (Å²) in [6.45, 7) is 3.96. The Kier molecular flexibility index (Phi) is 7.11. The van der Waals surface area contributed by atoms with Crippen LogP contribution in [0.1, 0.15) is 42.6 Å². The molecule has 0 atom stereocenters. The maximum atomic E-state index is 12.1. The first-order valence-electron chi connectivity index (χ1n) is 8.86. The van der Waals surface area contributed by atoms with Crippen LogP contribution < -0.4 is 10.6 Å². The van der Waals surface area contributed by atoms with Crippen molar-refractivity contribution in [2.75, 3.05) is 10.6 Å². The van der Waals surface area contributed by atoms with Crippen LogP contribution >= 0.6 is 0 Å². The zero-order valence-corrected chi connectivity index (χ0v) is 15.5. The van der Waals surface area contributed by atoms with Gasteiger partial charge in [-0.1, -0.05) is 32.0 Å². The molecule has 142 valence electrons. The molecule has 0 aliphatic carbocycles. The number of rotatable bonds is 8. The van der Waals surface area contributed by atoms with Gasteiger partial charge in [0.05, 0.1) is 5.56 Å². The quantitative estimate of drug-likeness (QED) is 0.657. The zero-order chi connectivity index (χ0) is 19.8. The fraction of sp³-hybridized carbons (Fsp3) is 0.286. The summed E-state index contributed by atoms with van der Waals surface area (Å²) in [5, 5.41) is 14.8. The molecule has 0 spiro atoms. The molecule has 0 aliphatic heterocycles. The molecule has 0 heterocycles. The predicted molar refractivity (Wildman–Crippen MR) is 105 cm³/mol. The maximum absolute atomic E-state index is 12.1. The smallest absolute Gasteiger partial charge is 0.335 e. The monoisotopic (exact) mass is 368 g/mol. The maximum Gasteiger partial charge on any atom is 0.335 e. The molecule has 6 nitrogen and oxygen atoms in total. The number of aryl methyl sites for hydroxylation is 1. The second-order valence-corrected chi connectivity index (χ2v) is 6.73. The number of aromatic carboxylic acids is 1. The molecule has 27 heavy (non-hydrogen) atoms. The molecular formula is C21H24N2O4. The summed E-state index contributed by atoms with van der Waals surface area (Å²) in [7, 11) is 0. The second kappa shape index (κ2) is 9.52. The lowest BCUT2D eigenvalue weighted by atomic mass is 10.0. The van der Waals surface area contributed by atoms with E-state index in [1.54, 1.807) is 42.5 Å². The molecule has 2 aromatic rings. The van der Waals surface area contributed by atoms with Crippen LogP contribution in [0.5, 0.6) is 0 Å². The lowest BCUT2D eigenvalue weighted by Crippen LogP contribution is -2.15. The fourth-order valence-electron chi connectivity index (χ4n) is 2.64. The first-order valence-corrected chi connectivity index (χ1v) is 8.86. The number of anilines is 2. The van der Waals surface area contributed by atoms with Crippen LogP contribution in [-0.2, 0) is 16.0 Å². The lowest BCUT2D eigenvalue weighted by molar-refractivity contribution is -0.117. The highest BCUT2D eigenvalue weighted by Gasteiger charge is 2.11. The third kappa shape index (κ3) is 6.58. The van der Waals surface area contributed by atoms with E-state index in [-0.39, 0.29) is 29.7 Å². The second-order valence-electron chi connectivity index (χ2n) is 6.73. The Morgan fingerprint density at radius 2 is 1.44 bits per heavy atom. The molecule has 0 bridgehead atoms. The van der Waals surface area contributed by atoms with Crippen molar-refractivity contribution in [3.63, 3.8) is 0 Å². The van der Waals surface area contributed by atoms with Gasteiger partial charge in [0.2, 0.25) is 11.8 Å². The Labute approximate surface area is 158 Å². The summed E-state index contributed by atoms with van der Waals surface area (Å²) in [6, 6.07) is 13.6. The van der Waals surface area contributed by atoms with Gasteiger partial charge >= 0.3 is 5.97 Å². The van der Waals surface area contributed by atoms with Crippen LogP contribution in [0.15, 0.2) is 48.5 Å². The number of carboxylic acid groups (broad SMARTS) is 1. The van der Waals surface area contributed by atoms with E-state index in [4.69, 9.17) is 0 Å². The van der Waals surface area contributed by atoms with Gasteiger partial charge in [0.1, 0.15) is 0 Å². The molecule has 0 saturated heterocycles. The summed E-state index contributed by atoms with van der Waals surface area (Å²) in [6.07, 6.45) is 0.977. The molecule has 3 N–H and O–H groups in total. The fourth-order valence-corrected chi connectivity index (χ4v) is 2.64. The Bertz CT molecular complexity index is 813.